The average molecular weight is 169 g/mol. The van der Waals surface area contributed by atoms with Crippen molar-refractivity contribution in [3.63, 3.8) is 0 Å². The number of aliphatic hydroxyl groups is 1. The van der Waals surface area contributed by atoms with Crippen molar-refractivity contribution in [3.05, 3.63) is 28.7 Å². The summed E-state index contributed by atoms with van der Waals surface area (Å²) in [5.74, 6) is 0. The predicted octanol–water partition coefficient (Wildman–Crippen LogP) is 1.92. The van der Waals surface area contributed by atoms with Crippen molar-refractivity contribution >= 4 is 11.3 Å². The van der Waals surface area contributed by atoms with E-state index in [1.54, 1.807) is 11.3 Å². The van der Waals surface area contributed by atoms with Crippen LogP contribution >= 0.6 is 11.3 Å². The fraction of sp³-hybridized carbons (Fsp3) is 0.375. The van der Waals surface area contributed by atoms with Crippen LogP contribution in [-0.2, 0) is 6.42 Å². The third-order valence-electron chi connectivity index (χ3n) is 1.40. The highest BCUT2D eigenvalue weighted by atomic mass is 32.1. The molecule has 0 aliphatic rings. The van der Waals surface area contributed by atoms with Gasteiger partial charge in [0, 0.05) is 5.38 Å². The standard InChI is InChI=1S/C8H11NOS/c1-3-7(10)6-5-11-8(4-2)9-6/h3,5,7,10H,1,4H2,2H3. The summed E-state index contributed by atoms with van der Waals surface area (Å²) in [6.45, 7) is 5.53. The maximum atomic E-state index is 9.26. The minimum Gasteiger partial charge on any atom is -0.383 e. The Morgan fingerprint density at radius 1 is 1.91 bits per heavy atom. The largest absolute Gasteiger partial charge is 0.383 e. The zero-order valence-corrected chi connectivity index (χ0v) is 7.27. The number of aliphatic hydroxyl groups excluding tert-OH is 1. The quantitative estimate of drug-likeness (QED) is 0.701. The average Bonchev–Trinajstić information content (AvgIpc) is 2.50. The summed E-state index contributed by atoms with van der Waals surface area (Å²) < 4.78 is 0. The number of hydrogen-bond donors (Lipinski definition) is 1. The topological polar surface area (TPSA) is 33.1 Å². The first-order chi connectivity index (χ1) is 5.27. The van der Waals surface area contributed by atoms with Crippen LogP contribution in [0.4, 0.5) is 0 Å². The summed E-state index contributed by atoms with van der Waals surface area (Å²) in [5.41, 5.74) is 0.710. The van der Waals surface area contributed by atoms with Crippen molar-refractivity contribution in [3.8, 4) is 0 Å². The molecule has 0 spiro atoms. The van der Waals surface area contributed by atoms with Gasteiger partial charge in [-0.2, -0.15) is 0 Å². The highest BCUT2D eigenvalue weighted by Crippen LogP contribution is 2.17. The second-order valence-electron chi connectivity index (χ2n) is 2.20. The van der Waals surface area contributed by atoms with Gasteiger partial charge in [0.05, 0.1) is 10.7 Å². The normalized spacial score (nSPS) is 12.9. The molecule has 0 aliphatic heterocycles. The lowest BCUT2D eigenvalue weighted by molar-refractivity contribution is 0.224. The summed E-state index contributed by atoms with van der Waals surface area (Å²) in [4.78, 5) is 4.20. The van der Waals surface area contributed by atoms with Crippen molar-refractivity contribution in [1.29, 1.82) is 0 Å². The van der Waals surface area contributed by atoms with Gasteiger partial charge in [-0.1, -0.05) is 13.0 Å². The van der Waals surface area contributed by atoms with Gasteiger partial charge in [0.25, 0.3) is 0 Å². The fourth-order valence-corrected chi connectivity index (χ4v) is 1.52. The fourth-order valence-electron chi connectivity index (χ4n) is 0.744. The van der Waals surface area contributed by atoms with Crippen molar-refractivity contribution < 1.29 is 5.11 Å². The van der Waals surface area contributed by atoms with E-state index < -0.39 is 6.10 Å². The third-order valence-corrected chi connectivity index (χ3v) is 2.41. The Labute approximate surface area is 70.2 Å². The highest BCUT2D eigenvalue weighted by Gasteiger charge is 2.06. The van der Waals surface area contributed by atoms with Crippen molar-refractivity contribution in [2.45, 2.75) is 19.4 Å². The molecule has 1 atom stereocenters. The molecule has 0 aromatic carbocycles. The zero-order valence-electron chi connectivity index (χ0n) is 6.45. The first kappa shape index (κ1) is 8.43. The lowest BCUT2D eigenvalue weighted by Crippen LogP contribution is -1.92. The first-order valence-electron chi connectivity index (χ1n) is 3.52. The molecule has 0 aliphatic carbocycles. The van der Waals surface area contributed by atoms with Crippen LogP contribution in [0, 0.1) is 0 Å². The molecule has 1 aromatic rings. The van der Waals surface area contributed by atoms with E-state index in [0.717, 1.165) is 11.4 Å². The smallest absolute Gasteiger partial charge is 0.115 e. The van der Waals surface area contributed by atoms with E-state index >= 15 is 0 Å². The van der Waals surface area contributed by atoms with E-state index in [-0.39, 0.29) is 0 Å². The molecule has 1 rings (SSSR count). The molecule has 1 heterocycles. The van der Waals surface area contributed by atoms with E-state index in [1.807, 2.05) is 12.3 Å². The number of aryl methyl sites for hydroxylation is 1. The maximum absolute atomic E-state index is 9.26. The summed E-state index contributed by atoms with van der Waals surface area (Å²) in [6.07, 6.45) is 1.80. The Hall–Kier alpha value is -0.670. The Morgan fingerprint density at radius 3 is 3.09 bits per heavy atom. The molecular formula is C8H11NOS. The SMILES string of the molecule is C=CC(O)c1csc(CC)n1. The third kappa shape index (κ3) is 1.88. The maximum Gasteiger partial charge on any atom is 0.115 e. The Balaban J connectivity index is 2.79. The molecule has 0 fully saturated rings. The molecule has 0 saturated carbocycles. The molecule has 11 heavy (non-hydrogen) atoms. The van der Waals surface area contributed by atoms with Gasteiger partial charge in [-0.05, 0) is 6.42 Å². The van der Waals surface area contributed by atoms with Gasteiger partial charge in [0.2, 0.25) is 0 Å². The molecule has 0 radical (unpaired) electrons. The molecule has 0 bridgehead atoms. The summed E-state index contributed by atoms with van der Waals surface area (Å²) >= 11 is 1.57. The second-order valence-corrected chi connectivity index (χ2v) is 3.14. The van der Waals surface area contributed by atoms with Gasteiger partial charge >= 0.3 is 0 Å². The molecule has 2 nitrogen and oxygen atoms in total. The molecule has 60 valence electrons. The number of rotatable bonds is 3. The molecule has 0 amide bonds. The van der Waals surface area contributed by atoms with Gasteiger partial charge in [-0.3, -0.25) is 0 Å². The van der Waals surface area contributed by atoms with Crippen LogP contribution in [-0.4, -0.2) is 10.1 Å². The van der Waals surface area contributed by atoms with Crippen LogP contribution in [0.3, 0.4) is 0 Å². The lowest BCUT2D eigenvalue weighted by atomic mass is 10.3. The Morgan fingerprint density at radius 2 is 2.64 bits per heavy atom. The van der Waals surface area contributed by atoms with E-state index in [0.29, 0.717) is 5.69 Å². The van der Waals surface area contributed by atoms with Crippen LogP contribution in [0.25, 0.3) is 0 Å². The summed E-state index contributed by atoms with van der Waals surface area (Å²) in [7, 11) is 0. The van der Waals surface area contributed by atoms with E-state index in [2.05, 4.69) is 11.6 Å². The van der Waals surface area contributed by atoms with Gasteiger partial charge in [-0.15, -0.1) is 17.9 Å². The van der Waals surface area contributed by atoms with Gasteiger partial charge in [0.1, 0.15) is 6.10 Å². The van der Waals surface area contributed by atoms with Crippen LogP contribution in [0.15, 0.2) is 18.0 Å². The summed E-state index contributed by atoms with van der Waals surface area (Å²) in [6, 6.07) is 0. The number of aromatic nitrogens is 1. The van der Waals surface area contributed by atoms with Crippen LogP contribution in [0.1, 0.15) is 23.7 Å². The Bertz CT molecular complexity index is 244. The van der Waals surface area contributed by atoms with Gasteiger partial charge in [-0.25, -0.2) is 4.98 Å². The number of hydrogen-bond acceptors (Lipinski definition) is 3. The van der Waals surface area contributed by atoms with Crippen molar-refractivity contribution in [2.24, 2.45) is 0 Å². The van der Waals surface area contributed by atoms with E-state index in [4.69, 9.17) is 0 Å². The summed E-state index contributed by atoms with van der Waals surface area (Å²) in [5, 5.41) is 12.2. The van der Waals surface area contributed by atoms with E-state index in [1.165, 1.54) is 6.08 Å². The molecule has 1 unspecified atom stereocenters. The molecule has 1 N–H and O–H groups in total. The van der Waals surface area contributed by atoms with Crippen molar-refractivity contribution in [1.82, 2.24) is 4.98 Å². The number of thiazole rings is 1. The second kappa shape index (κ2) is 3.64. The monoisotopic (exact) mass is 169 g/mol. The molecular weight excluding hydrogens is 158 g/mol. The molecule has 0 saturated heterocycles. The Kier molecular flexibility index (Phi) is 2.79. The first-order valence-corrected chi connectivity index (χ1v) is 4.40. The molecule has 1 aromatic heterocycles. The van der Waals surface area contributed by atoms with Crippen molar-refractivity contribution in [2.75, 3.05) is 0 Å². The highest BCUT2D eigenvalue weighted by molar-refractivity contribution is 7.09. The minimum absolute atomic E-state index is 0.605. The van der Waals surface area contributed by atoms with Gasteiger partial charge < -0.3 is 5.11 Å². The zero-order chi connectivity index (χ0) is 8.27. The number of nitrogens with zero attached hydrogens (tertiary/aromatic N) is 1. The van der Waals surface area contributed by atoms with Crippen LogP contribution in [0.5, 0.6) is 0 Å². The lowest BCUT2D eigenvalue weighted by Gasteiger charge is -1.97. The van der Waals surface area contributed by atoms with Crippen LogP contribution in [0.2, 0.25) is 0 Å². The van der Waals surface area contributed by atoms with Gasteiger partial charge in [0.15, 0.2) is 0 Å². The van der Waals surface area contributed by atoms with E-state index in [9.17, 15) is 5.11 Å². The minimum atomic E-state index is -0.605. The molecule has 3 heteroatoms. The predicted molar refractivity (Wildman–Crippen MR) is 46.6 cm³/mol. The van der Waals surface area contributed by atoms with Crippen LogP contribution < -0.4 is 0 Å².